The molecular weight excluding hydrogens is 326 g/mol. The van der Waals surface area contributed by atoms with Gasteiger partial charge in [0, 0.05) is 12.5 Å². The molecule has 2 rings (SSSR count). The van der Waals surface area contributed by atoms with Gasteiger partial charge in [0.2, 0.25) is 5.91 Å². The van der Waals surface area contributed by atoms with Crippen LogP contribution in [0.4, 0.5) is 4.79 Å². The fourth-order valence-corrected chi connectivity index (χ4v) is 3.00. The molecule has 0 aliphatic heterocycles. The van der Waals surface area contributed by atoms with Crippen molar-refractivity contribution in [3.05, 3.63) is 29.3 Å². The van der Waals surface area contributed by atoms with E-state index in [1.165, 1.54) is 0 Å². The Kier molecular flexibility index (Phi) is 5.77. The number of carbonyl (C=O) groups excluding carboxylic acids is 2. The van der Waals surface area contributed by atoms with E-state index in [9.17, 15) is 9.59 Å². The van der Waals surface area contributed by atoms with Crippen molar-refractivity contribution in [3.8, 4) is 0 Å². The van der Waals surface area contributed by atoms with Crippen molar-refractivity contribution in [1.82, 2.24) is 15.6 Å². The van der Waals surface area contributed by atoms with E-state index in [4.69, 9.17) is 4.74 Å². The molecule has 0 radical (unpaired) electrons. The largest absolute Gasteiger partial charge is 0.444 e. The molecule has 2 aromatic rings. The monoisotopic (exact) mass is 349 g/mol. The highest BCUT2D eigenvalue weighted by atomic mass is 32.1. The van der Waals surface area contributed by atoms with Crippen molar-refractivity contribution in [3.63, 3.8) is 0 Å². The summed E-state index contributed by atoms with van der Waals surface area (Å²) in [6.07, 6.45) is -0.600. The minimum absolute atomic E-state index is 0.105. The van der Waals surface area contributed by atoms with Gasteiger partial charge >= 0.3 is 6.09 Å². The first kappa shape index (κ1) is 18.2. The van der Waals surface area contributed by atoms with Crippen molar-refractivity contribution in [2.24, 2.45) is 0 Å². The van der Waals surface area contributed by atoms with Crippen LogP contribution in [-0.2, 0) is 9.53 Å². The van der Waals surface area contributed by atoms with E-state index in [0.717, 1.165) is 15.2 Å². The van der Waals surface area contributed by atoms with Gasteiger partial charge < -0.3 is 15.4 Å². The third-order valence-corrected chi connectivity index (χ3v) is 4.40. The Bertz CT molecular complexity index is 688. The molecule has 130 valence electrons. The lowest BCUT2D eigenvalue weighted by atomic mass is 10.2. The van der Waals surface area contributed by atoms with E-state index in [1.807, 2.05) is 31.2 Å². The predicted molar refractivity (Wildman–Crippen MR) is 95.3 cm³/mol. The van der Waals surface area contributed by atoms with Crippen molar-refractivity contribution in [2.75, 3.05) is 13.1 Å². The molecule has 1 aromatic carbocycles. The third-order valence-electron chi connectivity index (χ3n) is 3.13. The highest BCUT2D eigenvalue weighted by Crippen LogP contribution is 2.26. The first-order chi connectivity index (χ1) is 11.2. The average molecular weight is 349 g/mol. The molecule has 0 saturated heterocycles. The van der Waals surface area contributed by atoms with Gasteiger partial charge in [0.15, 0.2) is 0 Å². The minimum atomic E-state index is -0.600. The smallest absolute Gasteiger partial charge is 0.408 e. The molecule has 7 heteroatoms. The maximum atomic E-state index is 11.8. The van der Waals surface area contributed by atoms with Crippen molar-refractivity contribution in [2.45, 2.75) is 39.2 Å². The van der Waals surface area contributed by atoms with E-state index >= 15 is 0 Å². The Morgan fingerprint density at radius 3 is 2.62 bits per heavy atom. The number of rotatable bonds is 5. The van der Waals surface area contributed by atoms with Crippen LogP contribution >= 0.6 is 11.3 Å². The number of alkyl carbamates (subject to hydrolysis) is 1. The zero-order valence-electron chi connectivity index (χ0n) is 14.4. The first-order valence-corrected chi connectivity index (χ1v) is 8.65. The lowest BCUT2D eigenvalue weighted by Gasteiger charge is -2.19. The molecule has 1 aromatic heterocycles. The summed E-state index contributed by atoms with van der Waals surface area (Å²) in [5.41, 5.74) is 0.393. The molecule has 0 spiro atoms. The molecule has 6 nitrogen and oxygen atoms in total. The Hall–Kier alpha value is -2.15. The zero-order chi connectivity index (χ0) is 17.7. The highest BCUT2D eigenvalue weighted by Gasteiger charge is 2.17. The number of amides is 2. The van der Waals surface area contributed by atoms with Gasteiger partial charge in [0.05, 0.1) is 21.8 Å². The topological polar surface area (TPSA) is 80.3 Å². The maximum Gasteiger partial charge on any atom is 0.408 e. The number of fused-ring (bicyclic) bond motifs is 1. The van der Waals surface area contributed by atoms with Gasteiger partial charge in [0.1, 0.15) is 5.60 Å². The fraction of sp³-hybridized carbons (Fsp3) is 0.471. The van der Waals surface area contributed by atoms with Crippen LogP contribution in [-0.4, -0.2) is 35.7 Å². The first-order valence-electron chi connectivity index (χ1n) is 7.83. The second kappa shape index (κ2) is 7.61. The van der Waals surface area contributed by atoms with E-state index in [-0.39, 0.29) is 18.4 Å². The van der Waals surface area contributed by atoms with Gasteiger partial charge in [-0.3, -0.25) is 4.79 Å². The van der Waals surface area contributed by atoms with E-state index in [1.54, 1.807) is 32.1 Å². The molecule has 0 aliphatic carbocycles. The summed E-state index contributed by atoms with van der Waals surface area (Å²) in [5, 5.41) is 6.22. The number of nitrogens with zero attached hydrogens (tertiary/aromatic N) is 1. The molecule has 1 atom stereocenters. The number of carbonyl (C=O) groups is 2. The van der Waals surface area contributed by atoms with Crippen LogP contribution in [0.1, 0.15) is 38.6 Å². The van der Waals surface area contributed by atoms with Crippen LogP contribution in [0.2, 0.25) is 0 Å². The summed E-state index contributed by atoms with van der Waals surface area (Å²) >= 11 is 1.63. The second-order valence-corrected chi connectivity index (χ2v) is 7.64. The van der Waals surface area contributed by atoms with Crippen molar-refractivity contribution >= 4 is 33.6 Å². The number of hydrogen-bond acceptors (Lipinski definition) is 5. The van der Waals surface area contributed by atoms with E-state index < -0.39 is 11.7 Å². The molecule has 24 heavy (non-hydrogen) atoms. The van der Waals surface area contributed by atoms with Crippen LogP contribution < -0.4 is 10.6 Å². The summed E-state index contributed by atoms with van der Waals surface area (Å²) in [6.45, 7) is 7.68. The van der Waals surface area contributed by atoms with Gasteiger partial charge in [-0.25, -0.2) is 9.78 Å². The summed E-state index contributed by atoms with van der Waals surface area (Å²) in [4.78, 5) is 27.9. The number of thiazole rings is 1. The molecule has 1 unspecified atom stereocenters. The van der Waals surface area contributed by atoms with Crippen LogP contribution in [0.5, 0.6) is 0 Å². The van der Waals surface area contributed by atoms with E-state index in [0.29, 0.717) is 6.54 Å². The number of benzene rings is 1. The molecule has 0 bridgehead atoms. The van der Waals surface area contributed by atoms with Gasteiger partial charge in [-0.15, -0.1) is 11.3 Å². The third kappa shape index (κ3) is 5.49. The quantitative estimate of drug-likeness (QED) is 0.869. The molecule has 1 heterocycles. The van der Waals surface area contributed by atoms with Crippen molar-refractivity contribution < 1.29 is 14.3 Å². The summed E-state index contributed by atoms with van der Waals surface area (Å²) in [6, 6.07) is 7.96. The van der Waals surface area contributed by atoms with Crippen LogP contribution in [0.3, 0.4) is 0 Å². The highest BCUT2D eigenvalue weighted by molar-refractivity contribution is 7.18. The van der Waals surface area contributed by atoms with E-state index in [2.05, 4.69) is 15.6 Å². The maximum absolute atomic E-state index is 11.8. The number of nitrogens with one attached hydrogen (secondary N) is 2. The second-order valence-electron chi connectivity index (χ2n) is 6.58. The Morgan fingerprint density at radius 2 is 1.96 bits per heavy atom. The summed E-state index contributed by atoms with van der Waals surface area (Å²) < 4.78 is 6.21. The van der Waals surface area contributed by atoms with Crippen LogP contribution in [0.25, 0.3) is 10.2 Å². The normalized spacial score (nSPS) is 12.7. The average Bonchev–Trinajstić information content (AvgIpc) is 2.93. The molecule has 2 N–H and O–H groups in total. The summed E-state index contributed by atoms with van der Waals surface area (Å²) in [5.74, 6) is -0.151. The molecule has 0 fully saturated rings. The number of ether oxygens (including phenoxy) is 1. The van der Waals surface area contributed by atoms with Crippen LogP contribution in [0, 0.1) is 0 Å². The summed E-state index contributed by atoms with van der Waals surface area (Å²) in [7, 11) is 0. The minimum Gasteiger partial charge on any atom is -0.444 e. The standard InChI is InChI=1S/C17H23N3O3S/c1-11(15-20-12-7-5-6-8-13(12)24-15)9-18-14(21)10-19-16(22)23-17(2,3)4/h5-8,11H,9-10H2,1-4H3,(H,18,21)(H,19,22). The lowest BCUT2D eigenvalue weighted by Crippen LogP contribution is -2.40. The number of para-hydroxylation sites is 1. The Balaban J connectivity index is 1.77. The van der Waals surface area contributed by atoms with Crippen LogP contribution in [0.15, 0.2) is 24.3 Å². The van der Waals surface area contributed by atoms with Crippen molar-refractivity contribution in [1.29, 1.82) is 0 Å². The SMILES string of the molecule is CC(CNC(=O)CNC(=O)OC(C)(C)C)c1nc2ccccc2s1. The predicted octanol–water partition coefficient (Wildman–Crippen LogP) is 3.04. The van der Waals surface area contributed by atoms with Gasteiger partial charge in [-0.05, 0) is 32.9 Å². The molecule has 0 aliphatic rings. The molecule has 2 amide bonds. The fourth-order valence-electron chi connectivity index (χ4n) is 1.98. The van der Waals surface area contributed by atoms with Gasteiger partial charge in [0.25, 0.3) is 0 Å². The molecular formula is C17H23N3O3S. The lowest BCUT2D eigenvalue weighted by molar-refractivity contribution is -0.120. The number of aromatic nitrogens is 1. The Morgan fingerprint density at radius 1 is 1.25 bits per heavy atom. The zero-order valence-corrected chi connectivity index (χ0v) is 15.2. The van der Waals surface area contributed by atoms with Gasteiger partial charge in [-0.1, -0.05) is 19.1 Å². The number of hydrogen-bond donors (Lipinski definition) is 2. The Labute approximate surface area is 145 Å². The molecule has 0 saturated carbocycles. The van der Waals surface area contributed by atoms with Gasteiger partial charge in [-0.2, -0.15) is 0 Å².